The van der Waals surface area contributed by atoms with Crippen molar-refractivity contribution in [2.45, 2.75) is 0 Å². The molecular weight excluding hydrogens is 435 g/mol. The Hall–Kier alpha value is -4.22. The van der Waals surface area contributed by atoms with Crippen LogP contribution in [0.15, 0.2) is 97.1 Å². The molecule has 2 aliphatic rings. The van der Waals surface area contributed by atoms with Crippen molar-refractivity contribution in [3.8, 4) is 22.3 Å². The molecule has 35 heavy (non-hydrogen) atoms. The third-order valence-corrected chi connectivity index (χ3v) is 7.00. The van der Waals surface area contributed by atoms with Crippen LogP contribution < -0.4 is 26.6 Å². The van der Waals surface area contributed by atoms with Crippen LogP contribution in [0, 0.1) is 5.82 Å². The highest BCUT2D eigenvalue weighted by molar-refractivity contribution is 6.81. The maximum atomic E-state index is 15.0. The van der Waals surface area contributed by atoms with Crippen molar-refractivity contribution >= 4 is 52.8 Å². The van der Waals surface area contributed by atoms with Crippen LogP contribution in [-0.2, 0) is 0 Å². The Labute approximate surface area is 203 Å². The molecule has 5 aromatic carbocycles. The van der Waals surface area contributed by atoms with Crippen LogP contribution in [0.2, 0.25) is 0 Å². The summed E-state index contributed by atoms with van der Waals surface area (Å²) < 4.78 is 15.0. The summed E-state index contributed by atoms with van der Waals surface area (Å²) in [4.78, 5) is 0. The maximum absolute atomic E-state index is 15.0. The van der Waals surface area contributed by atoms with Crippen molar-refractivity contribution < 1.29 is 9.41 Å². The monoisotopic (exact) mass is 455 g/mol. The number of fused-ring (bicyclic) bond motifs is 3. The zero-order valence-electron chi connectivity index (χ0n) is 18.7. The van der Waals surface area contributed by atoms with Gasteiger partial charge < -0.3 is 20.7 Å². The van der Waals surface area contributed by atoms with Crippen molar-refractivity contribution in [1.29, 1.82) is 0 Å². The van der Waals surface area contributed by atoms with Crippen molar-refractivity contribution in [3.63, 3.8) is 0 Å². The minimum Gasteiger partial charge on any atom is -0.429 e. The largest absolute Gasteiger partial charge is 0.447 e. The predicted molar refractivity (Wildman–Crippen MR) is 145 cm³/mol. The van der Waals surface area contributed by atoms with Crippen molar-refractivity contribution in [1.82, 2.24) is 0 Å². The zero-order valence-corrected chi connectivity index (χ0v) is 18.7. The van der Waals surface area contributed by atoms with Crippen LogP contribution in [-0.4, -0.2) is 19.1 Å². The number of hydrogen-bond acceptors (Lipinski definition) is 4. The molecule has 0 aliphatic carbocycles. The van der Waals surface area contributed by atoms with Gasteiger partial charge in [0.05, 0.1) is 0 Å². The minimum absolute atomic E-state index is 0.216. The fourth-order valence-corrected chi connectivity index (χ4v) is 5.46. The van der Waals surface area contributed by atoms with E-state index in [0.29, 0.717) is 5.56 Å². The summed E-state index contributed by atoms with van der Waals surface area (Å²) in [5.41, 5.74) is 7.75. The molecule has 0 unspecified atom stereocenters. The topological polar surface area (TPSA) is 56.3 Å². The van der Waals surface area contributed by atoms with Gasteiger partial charge in [-0.2, -0.15) is 0 Å². The molecule has 0 atom stereocenters. The Kier molecular flexibility index (Phi) is 4.41. The highest BCUT2D eigenvalue weighted by Crippen LogP contribution is 2.40. The fourth-order valence-electron chi connectivity index (χ4n) is 5.46. The van der Waals surface area contributed by atoms with Crippen LogP contribution in [0.25, 0.3) is 33.0 Å². The fraction of sp³-hybridized carbons (Fsp3) is 0. The molecule has 7 heteroatoms. The number of hydrogen-bond donors (Lipinski definition) is 4. The second-order valence-corrected chi connectivity index (χ2v) is 9.03. The van der Waals surface area contributed by atoms with Crippen LogP contribution in [0.3, 0.4) is 0 Å². The molecule has 4 N–H and O–H groups in total. The van der Waals surface area contributed by atoms with Crippen molar-refractivity contribution in [2.24, 2.45) is 0 Å². The number of rotatable bonds is 2. The summed E-state index contributed by atoms with van der Waals surface area (Å²) in [6.07, 6.45) is 0. The van der Waals surface area contributed by atoms with Gasteiger partial charge in [0.2, 0.25) is 0 Å². The molecule has 0 amide bonds. The van der Waals surface area contributed by atoms with E-state index in [1.54, 1.807) is 6.07 Å². The van der Waals surface area contributed by atoms with Crippen molar-refractivity contribution in [3.05, 3.63) is 103 Å². The first kappa shape index (κ1) is 20.2. The standard InChI is InChI=1S/C28H20B2FN3O/c31-18-15-21(28-22(16-18)20-10-2-4-12-24(20)30(35)34-28)19-9-1-3-11-23(19)29-32-25-13-5-7-17-8-6-14-26(33-29)27(17)25/h1-16,32-35H. The lowest BCUT2D eigenvalue weighted by Gasteiger charge is -2.30. The van der Waals surface area contributed by atoms with Gasteiger partial charge in [-0.25, -0.2) is 4.39 Å². The van der Waals surface area contributed by atoms with Gasteiger partial charge in [-0.3, -0.25) is 0 Å². The molecule has 166 valence electrons. The third-order valence-electron chi connectivity index (χ3n) is 7.00. The Morgan fingerprint density at radius 3 is 1.83 bits per heavy atom. The first-order chi connectivity index (χ1) is 17.2. The Balaban J connectivity index is 1.39. The SMILES string of the molecule is OB1Nc2c(cc(F)cc2-c2ccccc2B2Nc3cccc4cccc(c34)N2)-c2ccccc21. The molecule has 2 aliphatic heterocycles. The van der Waals surface area contributed by atoms with Crippen molar-refractivity contribution in [2.75, 3.05) is 15.7 Å². The first-order valence-corrected chi connectivity index (χ1v) is 11.7. The van der Waals surface area contributed by atoms with Gasteiger partial charge >= 0.3 is 14.0 Å². The molecule has 0 fully saturated rings. The molecule has 4 nitrogen and oxygen atoms in total. The van der Waals surface area contributed by atoms with Crippen LogP contribution in [0.4, 0.5) is 21.5 Å². The first-order valence-electron chi connectivity index (χ1n) is 11.7. The van der Waals surface area contributed by atoms with Crippen LogP contribution >= 0.6 is 0 Å². The minimum atomic E-state index is -0.870. The van der Waals surface area contributed by atoms with E-state index < -0.39 is 7.05 Å². The smallest absolute Gasteiger partial charge is 0.429 e. The normalized spacial score (nSPS) is 13.4. The van der Waals surface area contributed by atoms with E-state index in [2.05, 4.69) is 58.1 Å². The van der Waals surface area contributed by atoms with Gasteiger partial charge in [0.15, 0.2) is 0 Å². The second-order valence-electron chi connectivity index (χ2n) is 9.03. The van der Waals surface area contributed by atoms with Crippen LogP contribution in [0.5, 0.6) is 0 Å². The quantitative estimate of drug-likeness (QED) is 0.293. The summed E-state index contributed by atoms with van der Waals surface area (Å²) in [6, 6.07) is 31.1. The number of anilines is 3. The maximum Gasteiger partial charge on any atom is 0.447 e. The summed E-state index contributed by atoms with van der Waals surface area (Å²) in [7, 11) is -0.870. The zero-order chi connectivity index (χ0) is 23.5. The van der Waals surface area contributed by atoms with E-state index in [4.69, 9.17) is 0 Å². The van der Waals surface area contributed by atoms with E-state index in [-0.39, 0.29) is 12.8 Å². The number of benzene rings is 5. The lowest BCUT2D eigenvalue weighted by atomic mass is 9.62. The van der Waals surface area contributed by atoms with Crippen LogP contribution in [0.1, 0.15) is 0 Å². The van der Waals surface area contributed by atoms with Gasteiger partial charge in [-0.1, -0.05) is 72.8 Å². The highest BCUT2D eigenvalue weighted by Gasteiger charge is 2.32. The number of halogens is 1. The van der Waals surface area contributed by atoms with Gasteiger partial charge in [0.25, 0.3) is 0 Å². The van der Waals surface area contributed by atoms with E-state index in [1.165, 1.54) is 11.5 Å². The predicted octanol–water partition coefficient (Wildman–Crippen LogP) is 4.66. The van der Waals surface area contributed by atoms with E-state index >= 15 is 4.39 Å². The Morgan fingerprint density at radius 1 is 0.600 bits per heavy atom. The summed E-state index contributed by atoms with van der Waals surface area (Å²) >= 11 is 0. The number of nitrogens with one attached hydrogen (secondary N) is 3. The molecule has 7 rings (SSSR count). The van der Waals surface area contributed by atoms with Gasteiger partial charge in [-0.15, -0.1) is 0 Å². The molecule has 0 saturated carbocycles. The average Bonchev–Trinajstić information content (AvgIpc) is 2.89. The summed E-state index contributed by atoms with van der Waals surface area (Å²) in [5.74, 6) is -0.318. The molecule has 0 bridgehead atoms. The van der Waals surface area contributed by atoms with Gasteiger partial charge in [0, 0.05) is 33.6 Å². The summed E-state index contributed by atoms with van der Waals surface area (Å²) in [6.45, 7) is -0.216. The molecule has 5 aromatic rings. The summed E-state index contributed by atoms with van der Waals surface area (Å²) in [5, 5.41) is 23.6. The van der Waals surface area contributed by atoms with Gasteiger partial charge in [0.1, 0.15) is 5.82 Å². The molecule has 0 aromatic heterocycles. The highest BCUT2D eigenvalue weighted by atomic mass is 19.1. The molecule has 0 saturated heterocycles. The second kappa shape index (κ2) is 7.65. The van der Waals surface area contributed by atoms with E-state index in [0.717, 1.165) is 50.1 Å². The molecule has 2 heterocycles. The lowest BCUT2D eigenvalue weighted by Crippen LogP contribution is -2.48. The van der Waals surface area contributed by atoms with E-state index in [9.17, 15) is 5.02 Å². The third kappa shape index (κ3) is 3.12. The Morgan fingerprint density at radius 2 is 1.17 bits per heavy atom. The van der Waals surface area contributed by atoms with E-state index in [1.807, 2.05) is 42.5 Å². The molecular formula is C28H20B2FN3O. The molecule has 0 spiro atoms. The Bertz CT molecular complexity index is 1600. The van der Waals surface area contributed by atoms with Gasteiger partial charge in [-0.05, 0) is 51.7 Å². The average molecular weight is 455 g/mol. The lowest BCUT2D eigenvalue weighted by molar-refractivity contribution is 0.593. The molecule has 0 radical (unpaired) electrons.